The summed E-state index contributed by atoms with van der Waals surface area (Å²) in [5.41, 5.74) is 0.133. The van der Waals surface area contributed by atoms with E-state index >= 15 is 0 Å². The van der Waals surface area contributed by atoms with Crippen LogP contribution in [-0.2, 0) is 9.53 Å². The van der Waals surface area contributed by atoms with Crippen molar-refractivity contribution >= 4 is 40.2 Å². The van der Waals surface area contributed by atoms with Gasteiger partial charge in [-0.3, -0.25) is 9.59 Å². The largest absolute Gasteiger partial charge is 0.384 e. The number of amides is 2. The Morgan fingerprint density at radius 2 is 1.76 bits per heavy atom. The molecule has 2 amide bonds. The number of methoxy groups -OCH3 is 1. The van der Waals surface area contributed by atoms with Crippen LogP contribution in [0, 0.1) is 5.41 Å². The van der Waals surface area contributed by atoms with Gasteiger partial charge >= 0.3 is 0 Å². The molecule has 0 aromatic heterocycles. The fourth-order valence-electron chi connectivity index (χ4n) is 2.86. The Labute approximate surface area is 163 Å². The molecule has 1 aromatic carbocycles. The van der Waals surface area contributed by atoms with Crippen molar-refractivity contribution in [3.63, 3.8) is 0 Å². The third-order valence-corrected chi connectivity index (χ3v) is 4.79. The van der Waals surface area contributed by atoms with Crippen LogP contribution in [0.1, 0.15) is 23.2 Å². The third kappa shape index (κ3) is 6.26. The second-order valence-electron chi connectivity index (χ2n) is 5.98. The van der Waals surface area contributed by atoms with Crippen LogP contribution in [0.25, 0.3) is 0 Å². The minimum atomic E-state index is -0.463. The van der Waals surface area contributed by atoms with Gasteiger partial charge in [-0.2, -0.15) is 0 Å². The molecular weight excluding hydrogens is 410 g/mol. The van der Waals surface area contributed by atoms with Crippen molar-refractivity contribution < 1.29 is 14.3 Å². The van der Waals surface area contributed by atoms with Crippen LogP contribution in [0.2, 0.25) is 0 Å². The van der Waals surface area contributed by atoms with E-state index in [0.29, 0.717) is 25.3 Å². The van der Waals surface area contributed by atoms with Gasteiger partial charge in [0, 0.05) is 30.2 Å². The molecule has 0 aliphatic carbocycles. The second kappa shape index (κ2) is 10.8. The van der Waals surface area contributed by atoms with Gasteiger partial charge in [0.25, 0.3) is 5.91 Å². The normalized spacial score (nSPS) is 15.8. The summed E-state index contributed by atoms with van der Waals surface area (Å²) in [5, 5.41) is 8.99. The molecule has 1 fully saturated rings. The van der Waals surface area contributed by atoms with Crippen molar-refractivity contribution in [2.45, 2.75) is 12.8 Å². The molecule has 6 nitrogen and oxygen atoms in total. The number of benzene rings is 1. The fraction of sp³-hybridized carbons (Fsp3) is 0.529. The molecule has 8 heteroatoms. The lowest BCUT2D eigenvalue weighted by Crippen LogP contribution is -2.51. The van der Waals surface area contributed by atoms with E-state index in [1.165, 1.54) is 0 Å². The molecule has 1 saturated heterocycles. The molecular formula is C17H25BrClN3O3. The van der Waals surface area contributed by atoms with Gasteiger partial charge in [0.05, 0.1) is 12.0 Å². The highest BCUT2D eigenvalue weighted by atomic mass is 79.9. The first-order valence-electron chi connectivity index (χ1n) is 8.09. The Balaban J connectivity index is 0.00000312. The van der Waals surface area contributed by atoms with E-state index in [9.17, 15) is 9.59 Å². The van der Waals surface area contributed by atoms with Crippen LogP contribution in [0.15, 0.2) is 28.7 Å². The van der Waals surface area contributed by atoms with Gasteiger partial charge < -0.3 is 20.7 Å². The van der Waals surface area contributed by atoms with Crippen molar-refractivity contribution in [3.05, 3.63) is 34.3 Å². The minimum Gasteiger partial charge on any atom is -0.384 e. The second-order valence-corrected chi connectivity index (χ2v) is 6.90. The molecule has 0 saturated carbocycles. The Hall–Kier alpha value is -1.15. The first kappa shape index (κ1) is 21.9. The van der Waals surface area contributed by atoms with Crippen molar-refractivity contribution in [1.82, 2.24) is 16.0 Å². The molecule has 1 aliphatic rings. The number of hydrogen-bond donors (Lipinski definition) is 3. The molecule has 1 aromatic rings. The van der Waals surface area contributed by atoms with E-state index in [4.69, 9.17) is 4.74 Å². The number of carbonyl (C=O) groups excluding carboxylic acids is 2. The monoisotopic (exact) mass is 433 g/mol. The molecule has 25 heavy (non-hydrogen) atoms. The summed E-state index contributed by atoms with van der Waals surface area (Å²) in [7, 11) is 1.62. The van der Waals surface area contributed by atoms with E-state index < -0.39 is 5.41 Å². The first-order valence-corrected chi connectivity index (χ1v) is 8.88. The van der Waals surface area contributed by atoms with Crippen molar-refractivity contribution in [3.8, 4) is 0 Å². The highest BCUT2D eigenvalue weighted by Crippen LogP contribution is 2.29. The molecule has 0 atom stereocenters. The molecule has 0 bridgehead atoms. The number of ether oxygens (including phenoxy) is 1. The highest BCUT2D eigenvalue weighted by molar-refractivity contribution is 9.10. The van der Waals surface area contributed by atoms with E-state index in [-0.39, 0.29) is 24.2 Å². The van der Waals surface area contributed by atoms with Crippen LogP contribution < -0.4 is 16.0 Å². The SMILES string of the molecule is COCC1(C(=O)NCCNC(=O)c2ccc(Br)cc2)CCNCC1.Cl. The maximum absolute atomic E-state index is 12.5. The number of piperidine rings is 1. The molecule has 1 heterocycles. The summed E-state index contributed by atoms with van der Waals surface area (Å²) in [6, 6.07) is 7.14. The Morgan fingerprint density at radius 3 is 2.36 bits per heavy atom. The van der Waals surface area contributed by atoms with Gasteiger partial charge in [-0.15, -0.1) is 12.4 Å². The van der Waals surface area contributed by atoms with Crippen LogP contribution >= 0.6 is 28.3 Å². The summed E-state index contributed by atoms with van der Waals surface area (Å²) in [6.07, 6.45) is 1.52. The van der Waals surface area contributed by atoms with E-state index in [1.807, 2.05) is 12.1 Å². The zero-order valence-corrected chi connectivity index (χ0v) is 16.7. The maximum atomic E-state index is 12.5. The number of carbonyl (C=O) groups is 2. The van der Waals surface area contributed by atoms with Crippen molar-refractivity contribution in [2.24, 2.45) is 5.41 Å². The minimum absolute atomic E-state index is 0. The van der Waals surface area contributed by atoms with E-state index in [1.54, 1.807) is 19.2 Å². The average Bonchev–Trinajstić information content (AvgIpc) is 2.60. The van der Waals surface area contributed by atoms with Gasteiger partial charge in [0.1, 0.15) is 0 Å². The van der Waals surface area contributed by atoms with Gasteiger partial charge in [-0.25, -0.2) is 0 Å². The smallest absolute Gasteiger partial charge is 0.251 e. The lowest BCUT2D eigenvalue weighted by atomic mass is 9.78. The number of rotatable bonds is 7. The summed E-state index contributed by atoms with van der Waals surface area (Å²) in [5.74, 6) is -0.144. The standard InChI is InChI=1S/C17H24BrN3O3.ClH/c1-24-12-17(6-8-19-9-7-17)16(23)21-11-10-20-15(22)13-2-4-14(18)5-3-13;/h2-5,19H,6-12H2,1H3,(H,20,22)(H,21,23);1H. The fourth-order valence-corrected chi connectivity index (χ4v) is 3.13. The van der Waals surface area contributed by atoms with Gasteiger partial charge in [0.2, 0.25) is 5.91 Å². The molecule has 140 valence electrons. The van der Waals surface area contributed by atoms with Crippen LogP contribution in [0.5, 0.6) is 0 Å². The van der Waals surface area contributed by atoms with Crippen LogP contribution in [-0.4, -0.2) is 51.7 Å². The lowest BCUT2D eigenvalue weighted by molar-refractivity contribution is -0.136. The zero-order chi connectivity index (χ0) is 17.4. The molecule has 2 rings (SSSR count). The molecule has 0 radical (unpaired) electrons. The highest BCUT2D eigenvalue weighted by Gasteiger charge is 2.39. The predicted molar refractivity (Wildman–Crippen MR) is 103 cm³/mol. The quantitative estimate of drug-likeness (QED) is 0.571. The zero-order valence-electron chi connectivity index (χ0n) is 14.3. The van der Waals surface area contributed by atoms with Gasteiger partial charge in [-0.05, 0) is 50.2 Å². The Kier molecular flexibility index (Phi) is 9.42. The average molecular weight is 435 g/mol. The Bertz CT molecular complexity index is 557. The van der Waals surface area contributed by atoms with E-state index in [2.05, 4.69) is 31.9 Å². The Morgan fingerprint density at radius 1 is 1.16 bits per heavy atom. The summed E-state index contributed by atoms with van der Waals surface area (Å²) >= 11 is 3.34. The molecule has 3 N–H and O–H groups in total. The van der Waals surface area contributed by atoms with Gasteiger partial charge in [0.15, 0.2) is 0 Å². The number of halogens is 2. The van der Waals surface area contributed by atoms with E-state index in [0.717, 1.165) is 30.4 Å². The first-order chi connectivity index (χ1) is 11.6. The predicted octanol–water partition coefficient (Wildman–Crippen LogP) is 1.73. The topological polar surface area (TPSA) is 79.5 Å². The summed E-state index contributed by atoms with van der Waals surface area (Å²) < 4.78 is 6.18. The van der Waals surface area contributed by atoms with Crippen LogP contribution in [0.4, 0.5) is 0 Å². The molecule has 0 spiro atoms. The number of nitrogens with one attached hydrogen (secondary N) is 3. The summed E-state index contributed by atoms with van der Waals surface area (Å²) in [4.78, 5) is 24.5. The molecule has 0 unspecified atom stereocenters. The molecule has 1 aliphatic heterocycles. The number of hydrogen-bond acceptors (Lipinski definition) is 4. The maximum Gasteiger partial charge on any atom is 0.251 e. The lowest BCUT2D eigenvalue weighted by Gasteiger charge is -2.35. The van der Waals surface area contributed by atoms with Crippen LogP contribution in [0.3, 0.4) is 0 Å². The third-order valence-electron chi connectivity index (χ3n) is 4.27. The van der Waals surface area contributed by atoms with Crippen molar-refractivity contribution in [1.29, 1.82) is 0 Å². The van der Waals surface area contributed by atoms with Crippen molar-refractivity contribution in [2.75, 3.05) is 39.9 Å². The van der Waals surface area contributed by atoms with Gasteiger partial charge in [-0.1, -0.05) is 15.9 Å². The summed E-state index contributed by atoms with van der Waals surface area (Å²) in [6.45, 7) is 2.85.